The molecule has 2 aliphatic heterocycles. The van der Waals surface area contributed by atoms with Crippen LogP contribution in [0.5, 0.6) is 0 Å². The van der Waals surface area contributed by atoms with Gasteiger partial charge in [-0.2, -0.15) is 12.6 Å². The van der Waals surface area contributed by atoms with Crippen LogP contribution >= 0.6 is 12.6 Å². The number of hydrogen-bond acceptors (Lipinski definition) is 11. The second-order valence-electron chi connectivity index (χ2n) is 6.38. The summed E-state index contributed by atoms with van der Waals surface area (Å²) in [4.78, 5) is 0. The normalized spacial score (nSPS) is 47.1. The van der Waals surface area contributed by atoms with Gasteiger partial charge in [0.05, 0.1) is 12.7 Å². The summed E-state index contributed by atoms with van der Waals surface area (Å²) >= 11 is 4.01. The molecule has 0 aromatic carbocycles. The Morgan fingerprint density at radius 1 is 0.846 bits per heavy atom. The van der Waals surface area contributed by atoms with Crippen LogP contribution in [0.25, 0.3) is 0 Å². The van der Waals surface area contributed by atoms with Crippen molar-refractivity contribution >= 4 is 12.6 Å². The van der Waals surface area contributed by atoms with E-state index >= 15 is 0 Å². The average Bonchev–Trinajstić information content (AvgIpc) is 2.64. The van der Waals surface area contributed by atoms with Gasteiger partial charge in [-0.05, 0) is 6.42 Å². The SMILES string of the molecule is CCCOC1OC(CO)C(OC2OC(CS)C(O)C(O)C2O)C(O)C1O. The van der Waals surface area contributed by atoms with Gasteiger partial charge in [0.2, 0.25) is 0 Å². The molecule has 6 N–H and O–H groups in total. The van der Waals surface area contributed by atoms with Crippen molar-refractivity contribution in [3.8, 4) is 0 Å². The molecule has 26 heavy (non-hydrogen) atoms. The van der Waals surface area contributed by atoms with E-state index in [1.807, 2.05) is 6.92 Å². The molecule has 2 aliphatic rings. The quantitative estimate of drug-likeness (QED) is 0.219. The Kier molecular flexibility index (Phi) is 8.50. The van der Waals surface area contributed by atoms with E-state index in [1.165, 1.54) is 0 Å². The molecule has 0 saturated carbocycles. The highest BCUT2D eigenvalue weighted by atomic mass is 32.1. The van der Waals surface area contributed by atoms with E-state index in [2.05, 4.69) is 12.6 Å². The van der Waals surface area contributed by atoms with Gasteiger partial charge in [0, 0.05) is 12.4 Å². The molecule has 10 nitrogen and oxygen atoms in total. The molecule has 11 heteroatoms. The van der Waals surface area contributed by atoms with Crippen LogP contribution in [0.2, 0.25) is 0 Å². The first kappa shape index (κ1) is 22.2. The summed E-state index contributed by atoms with van der Waals surface area (Å²) in [7, 11) is 0. The third kappa shape index (κ3) is 4.67. The van der Waals surface area contributed by atoms with Crippen molar-refractivity contribution in [1.29, 1.82) is 0 Å². The summed E-state index contributed by atoms with van der Waals surface area (Å²) in [5, 5.41) is 59.9. The van der Waals surface area contributed by atoms with Crippen molar-refractivity contribution in [3.63, 3.8) is 0 Å². The summed E-state index contributed by atoms with van der Waals surface area (Å²) in [5.41, 5.74) is 0. The third-order valence-corrected chi connectivity index (χ3v) is 4.81. The summed E-state index contributed by atoms with van der Waals surface area (Å²) in [6.07, 6.45) is -12.6. The van der Waals surface area contributed by atoms with Crippen LogP contribution in [0.1, 0.15) is 13.3 Å². The minimum atomic E-state index is -1.61. The molecule has 0 aromatic rings. The maximum atomic E-state index is 10.4. The number of thiol groups is 1. The largest absolute Gasteiger partial charge is 0.394 e. The Morgan fingerprint density at radius 3 is 2.04 bits per heavy atom. The average molecular weight is 400 g/mol. The third-order valence-electron chi connectivity index (χ3n) is 4.45. The summed E-state index contributed by atoms with van der Waals surface area (Å²) in [6, 6.07) is 0. The number of aliphatic hydroxyl groups excluding tert-OH is 6. The van der Waals surface area contributed by atoms with Gasteiger partial charge >= 0.3 is 0 Å². The minimum Gasteiger partial charge on any atom is -0.394 e. The van der Waals surface area contributed by atoms with E-state index in [9.17, 15) is 30.6 Å². The molecule has 154 valence electrons. The fraction of sp³-hybridized carbons (Fsp3) is 1.00. The van der Waals surface area contributed by atoms with Crippen LogP contribution < -0.4 is 0 Å². The number of ether oxygens (including phenoxy) is 4. The van der Waals surface area contributed by atoms with Crippen molar-refractivity contribution in [1.82, 2.24) is 0 Å². The lowest BCUT2D eigenvalue weighted by molar-refractivity contribution is -0.356. The van der Waals surface area contributed by atoms with Gasteiger partial charge in [-0.15, -0.1) is 0 Å². The van der Waals surface area contributed by atoms with Crippen LogP contribution in [0.3, 0.4) is 0 Å². The Bertz CT molecular complexity index is 425. The first-order chi connectivity index (χ1) is 12.3. The van der Waals surface area contributed by atoms with Crippen molar-refractivity contribution in [2.45, 2.75) is 74.8 Å². The highest BCUT2D eigenvalue weighted by Gasteiger charge is 2.50. The standard InChI is InChI=1S/C15H28O10S/c1-2-3-22-14-12(21)10(19)13(6(4-16)23-14)25-15-11(20)9(18)8(17)7(5-26)24-15/h6-21,26H,2-5H2,1H3. The molecule has 0 aromatic heterocycles. The van der Waals surface area contributed by atoms with E-state index < -0.39 is 68.0 Å². The Balaban J connectivity index is 2.09. The smallest absolute Gasteiger partial charge is 0.187 e. The maximum Gasteiger partial charge on any atom is 0.187 e. The molecule has 2 heterocycles. The van der Waals surface area contributed by atoms with Crippen LogP contribution in [0.15, 0.2) is 0 Å². The Labute approximate surface area is 156 Å². The monoisotopic (exact) mass is 400 g/mol. The zero-order valence-corrected chi connectivity index (χ0v) is 15.3. The molecule has 2 fully saturated rings. The number of aliphatic hydroxyl groups is 6. The van der Waals surface area contributed by atoms with Crippen molar-refractivity contribution < 1.29 is 49.6 Å². The lowest BCUT2D eigenvalue weighted by Gasteiger charge is -2.46. The molecule has 0 amide bonds. The van der Waals surface area contributed by atoms with Gasteiger partial charge in [-0.25, -0.2) is 0 Å². The molecule has 2 rings (SSSR count). The molecule has 10 atom stereocenters. The van der Waals surface area contributed by atoms with Crippen LogP contribution in [0, 0.1) is 0 Å². The molecule has 2 saturated heterocycles. The lowest BCUT2D eigenvalue weighted by Crippen LogP contribution is -2.64. The van der Waals surface area contributed by atoms with E-state index in [0.717, 1.165) is 0 Å². The van der Waals surface area contributed by atoms with E-state index in [-0.39, 0.29) is 12.4 Å². The predicted molar refractivity (Wildman–Crippen MR) is 89.4 cm³/mol. The fourth-order valence-electron chi connectivity index (χ4n) is 2.93. The second-order valence-corrected chi connectivity index (χ2v) is 6.74. The Hall–Kier alpha value is -0.0500. The van der Waals surface area contributed by atoms with Gasteiger partial charge in [-0.1, -0.05) is 6.92 Å². The zero-order valence-electron chi connectivity index (χ0n) is 14.4. The Morgan fingerprint density at radius 2 is 1.46 bits per heavy atom. The van der Waals surface area contributed by atoms with Gasteiger partial charge in [0.25, 0.3) is 0 Å². The van der Waals surface area contributed by atoms with Gasteiger partial charge < -0.3 is 49.6 Å². The molecular weight excluding hydrogens is 372 g/mol. The summed E-state index contributed by atoms with van der Waals surface area (Å²) in [5.74, 6) is 0.0491. The van der Waals surface area contributed by atoms with E-state index in [4.69, 9.17) is 18.9 Å². The van der Waals surface area contributed by atoms with Crippen LogP contribution in [-0.4, -0.2) is 111 Å². The van der Waals surface area contributed by atoms with E-state index in [1.54, 1.807) is 0 Å². The van der Waals surface area contributed by atoms with Gasteiger partial charge in [0.15, 0.2) is 12.6 Å². The maximum absolute atomic E-state index is 10.4. The van der Waals surface area contributed by atoms with Crippen molar-refractivity contribution in [3.05, 3.63) is 0 Å². The molecule has 0 spiro atoms. The highest BCUT2D eigenvalue weighted by Crippen LogP contribution is 2.29. The fourth-order valence-corrected chi connectivity index (χ4v) is 3.23. The predicted octanol–water partition coefficient (Wildman–Crippen LogP) is -3.03. The molecule has 0 radical (unpaired) electrons. The molecular formula is C15H28O10S. The number of hydrogen-bond donors (Lipinski definition) is 7. The first-order valence-electron chi connectivity index (χ1n) is 8.55. The van der Waals surface area contributed by atoms with E-state index in [0.29, 0.717) is 6.42 Å². The summed E-state index contributed by atoms with van der Waals surface area (Å²) < 4.78 is 21.6. The van der Waals surface area contributed by atoms with Gasteiger partial charge in [0.1, 0.15) is 42.7 Å². The summed E-state index contributed by atoms with van der Waals surface area (Å²) in [6.45, 7) is 1.60. The van der Waals surface area contributed by atoms with Crippen LogP contribution in [-0.2, 0) is 18.9 Å². The topological polar surface area (TPSA) is 158 Å². The van der Waals surface area contributed by atoms with Crippen LogP contribution in [0.4, 0.5) is 0 Å². The second kappa shape index (κ2) is 9.94. The molecule has 0 aliphatic carbocycles. The van der Waals surface area contributed by atoms with Crippen molar-refractivity contribution in [2.75, 3.05) is 19.0 Å². The first-order valence-corrected chi connectivity index (χ1v) is 9.18. The molecule has 0 bridgehead atoms. The highest BCUT2D eigenvalue weighted by molar-refractivity contribution is 7.80. The minimum absolute atomic E-state index is 0.0491. The number of rotatable bonds is 7. The molecule has 10 unspecified atom stereocenters. The van der Waals surface area contributed by atoms with Crippen molar-refractivity contribution in [2.24, 2.45) is 0 Å². The van der Waals surface area contributed by atoms with Gasteiger partial charge in [-0.3, -0.25) is 0 Å². The zero-order chi connectivity index (χ0) is 19.4. The lowest BCUT2D eigenvalue weighted by atomic mass is 9.97.